The van der Waals surface area contributed by atoms with Crippen LogP contribution in [-0.2, 0) is 20.0 Å². The smallest absolute Gasteiger partial charge is 0.0645 e. The lowest BCUT2D eigenvalue weighted by Crippen LogP contribution is -2.17. The molecule has 0 aliphatic heterocycles. The standard InChI is InChI=1S/C17H22N4/c1-12(18)8-14-10-21(17-7-5-4-6-16(14)17)11-15-9-13(2)19-20(15)3/h4-7,9-10,12H,8,11,18H2,1-3H3. The Labute approximate surface area is 125 Å². The Balaban J connectivity index is 2.04. The van der Waals surface area contributed by atoms with E-state index in [4.69, 9.17) is 5.73 Å². The normalized spacial score (nSPS) is 13.0. The zero-order chi connectivity index (χ0) is 15.0. The summed E-state index contributed by atoms with van der Waals surface area (Å²) in [6.07, 6.45) is 3.13. The first-order chi connectivity index (χ1) is 10.0. The van der Waals surface area contributed by atoms with Crippen LogP contribution in [0.3, 0.4) is 0 Å². The van der Waals surface area contributed by atoms with E-state index in [1.165, 1.54) is 22.2 Å². The van der Waals surface area contributed by atoms with Gasteiger partial charge < -0.3 is 10.3 Å². The van der Waals surface area contributed by atoms with Crippen LogP contribution in [0.2, 0.25) is 0 Å². The number of fused-ring (bicyclic) bond motifs is 1. The van der Waals surface area contributed by atoms with E-state index in [1.54, 1.807) is 0 Å². The molecule has 0 fully saturated rings. The van der Waals surface area contributed by atoms with Gasteiger partial charge in [-0.05, 0) is 38.0 Å². The van der Waals surface area contributed by atoms with Crippen molar-refractivity contribution in [2.45, 2.75) is 32.9 Å². The number of nitrogens with two attached hydrogens (primary N) is 1. The van der Waals surface area contributed by atoms with Crippen molar-refractivity contribution >= 4 is 10.9 Å². The maximum Gasteiger partial charge on any atom is 0.0645 e. The largest absolute Gasteiger partial charge is 0.341 e. The van der Waals surface area contributed by atoms with Gasteiger partial charge in [-0.3, -0.25) is 4.68 Å². The SMILES string of the molecule is Cc1cc(Cn2cc(CC(C)N)c3ccccc32)n(C)n1. The van der Waals surface area contributed by atoms with Crippen molar-refractivity contribution in [3.8, 4) is 0 Å². The van der Waals surface area contributed by atoms with Crippen molar-refractivity contribution in [3.05, 3.63) is 53.5 Å². The minimum absolute atomic E-state index is 0.170. The molecule has 3 rings (SSSR count). The van der Waals surface area contributed by atoms with Crippen LogP contribution in [0, 0.1) is 6.92 Å². The Morgan fingerprint density at radius 3 is 2.71 bits per heavy atom. The number of nitrogens with zero attached hydrogens (tertiary/aromatic N) is 3. The first-order valence-electron chi connectivity index (χ1n) is 7.36. The van der Waals surface area contributed by atoms with Gasteiger partial charge in [-0.1, -0.05) is 18.2 Å². The summed E-state index contributed by atoms with van der Waals surface area (Å²) in [6, 6.07) is 10.8. The number of para-hydroxylation sites is 1. The highest BCUT2D eigenvalue weighted by atomic mass is 15.3. The van der Waals surface area contributed by atoms with Crippen molar-refractivity contribution in [1.82, 2.24) is 14.3 Å². The monoisotopic (exact) mass is 282 g/mol. The topological polar surface area (TPSA) is 48.8 Å². The van der Waals surface area contributed by atoms with E-state index in [0.717, 1.165) is 18.7 Å². The van der Waals surface area contributed by atoms with Crippen LogP contribution in [0.5, 0.6) is 0 Å². The van der Waals surface area contributed by atoms with Crippen LogP contribution in [0.15, 0.2) is 36.5 Å². The summed E-state index contributed by atoms with van der Waals surface area (Å²) >= 11 is 0. The summed E-state index contributed by atoms with van der Waals surface area (Å²) in [7, 11) is 2.00. The Kier molecular flexibility index (Phi) is 3.55. The summed E-state index contributed by atoms with van der Waals surface area (Å²) in [6.45, 7) is 4.91. The predicted octanol–water partition coefficient (Wildman–Crippen LogP) is 2.62. The average Bonchev–Trinajstić information content (AvgIpc) is 2.91. The van der Waals surface area contributed by atoms with Crippen LogP contribution in [0.25, 0.3) is 10.9 Å². The molecular formula is C17H22N4. The zero-order valence-electron chi connectivity index (χ0n) is 12.9. The molecule has 2 N–H and O–H groups in total. The minimum Gasteiger partial charge on any atom is -0.341 e. The van der Waals surface area contributed by atoms with Gasteiger partial charge in [0.1, 0.15) is 0 Å². The lowest BCUT2D eigenvalue weighted by atomic mass is 10.1. The molecule has 21 heavy (non-hydrogen) atoms. The molecule has 0 aliphatic rings. The Hall–Kier alpha value is -2.07. The molecule has 2 heterocycles. The molecule has 2 aromatic heterocycles. The lowest BCUT2D eigenvalue weighted by Gasteiger charge is -2.05. The van der Waals surface area contributed by atoms with Gasteiger partial charge in [0, 0.05) is 30.2 Å². The van der Waals surface area contributed by atoms with Crippen LogP contribution in [-0.4, -0.2) is 20.4 Å². The maximum atomic E-state index is 5.98. The molecule has 1 aromatic carbocycles. The summed E-state index contributed by atoms with van der Waals surface area (Å²) in [5, 5.41) is 5.73. The van der Waals surface area contributed by atoms with Gasteiger partial charge in [0.15, 0.2) is 0 Å². The Morgan fingerprint density at radius 1 is 1.29 bits per heavy atom. The van der Waals surface area contributed by atoms with E-state index >= 15 is 0 Å². The van der Waals surface area contributed by atoms with E-state index in [9.17, 15) is 0 Å². The fourth-order valence-electron chi connectivity index (χ4n) is 2.95. The van der Waals surface area contributed by atoms with E-state index in [-0.39, 0.29) is 6.04 Å². The number of rotatable bonds is 4. The second-order valence-electron chi connectivity index (χ2n) is 5.88. The predicted molar refractivity (Wildman–Crippen MR) is 86.3 cm³/mol. The number of hydrogen-bond donors (Lipinski definition) is 1. The summed E-state index contributed by atoms with van der Waals surface area (Å²) < 4.78 is 4.25. The number of hydrogen-bond acceptors (Lipinski definition) is 2. The van der Waals surface area contributed by atoms with Crippen LogP contribution >= 0.6 is 0 Å². The fourth-order valence-corrected chi connectivity index (χ4v) is 2.95. The zero-order valence-corrected chi connectivity index (χ0v) is 12.9. The maximum absolute atomic E-state index is 5.98. The fraction of sp³-hybridized carbons (Fsp3) is 0.353. The first-order valence-corrected chi connectivity index (χ1v) is 7.36. The van der Waals surface area contributed by atoms with Crippen molar-refractivity contribution in [2.75, 3.05) is 0 Å². The van der Waals surface area contributed by atoms with Crippen molar-refractivity contribution in [2.24, 2.45) is 12.8 Å². The number of benzene rings is 1. The highest BCUT2D eigenvalue weighted by Gasteiger charge is 2.11. The molecule has 4 heteroatoms. The highest BCUT2D eigenvalue weighted by molar-refractivity contribution is 5.84. The third-order valence-corrected chi connectivity index (χ3v) is 3.84. The van der Waals surface area contributed by atoms with Gasteiger partial charge >= 0.3 is 0 Å². The average molecular weight is 282 g/mol. The lowest BCUT2D eigenvalue weighted by molar-refractivity contribution is 0.670. The second kappa shape index (κ2) is 5.37. The molecule has 4 nitrogen and oxygen atoms in total. The van der Waals surface area contributed by atoms with Gasteiger partial charge in [0.25, 0.3) is 0 Å². The number of aryl methyl sites for hydroxylation is 2. The van der Waals surface area contributed by atoms with Gasteiger partial charge in [0.2, 0.25) is 0 Å². The molecule has 1 unspecified atom stereocenters. The molecule has 0 aliphatic carbocycles. The van der Waals surface area contributed by atoms with Gasteiger partial charge in [0.05, 0.1) is 17.9 Å². The van der Waals surface area contributed by atoms with E-state index in [0.29, 0.717) is 0 Å². The quantitative estimate of drug-likeness (QED) is 0.799. The molecule has 0 spiro atoms. The second-order valence-corrected chi connectivity index (χ2v) is 5.88. The summed E-state index contributed by atoms with van der Waals surface area (Å²) in [5.41, 5.74) is 10.8. The molecule has 0 saturated heterocycles. The van der Waals surface area contributed by atoms with Crippen molar-refractivity contribution < 1.29 is 0 Å². The Bertz CT molecular complexity index is 764. The molecule has 3 aromatic rings. The van der Waals surface area contributed by atoms with E-state index in [1.807, 2.05) is 18.7 Å². The molecule has 0 radical (unpaired) electrons. The first kappa shape index (κ1) is 13.9. The third kappa shape index (κ3) is 2.72. The minimum atomic E-state index is 0.170. The van der Waals surface area contributed by atoms with Crippen molar-refractivity contribution in [3.63, 3.8) is 0 Å². The molecule has 1 atom stereocenters. The van der Waals surface area contributed by atoms with Crippen molar-refractivity contribution in [1.29, 1.82) is 0 Å². The van der Waals surface area contributed by atoms with E-state index in [2.05, 4.69) is 53.1 Å². The van der Waals surface area contributed by atoms with Crippen LogP contribution in [0.1, 0.15) is 23.9 Å². The molecule has 0 bridgehead atoms. The summed E-state index contributed by atoms with van der Waals surface area (Å²) in [5.74, 6) is 0. The highest BCUT2D eigenvalue weighted by Crippen LogP contribution is 2.23. The molecule has 0 amide bonds. The van der Waals surface area contributed by atoms with Crippen LogP contribution < -0.4 is 5.73 Å². The number of aromatic nitrogens is 3. The Morgan fingerprint density at radius 2 is 2.05 bits per heavy atom. The van der Waals surface area contributed by atoms with E-state index < -0.39 is 0 Å². The molecular weight excluding hydrogens is 260 g/mol. The van der Waals surface area contributed by atoms with Crippen LogP contribution in [0.4, 0.5) is 0 Å². The molecule has 110 valence electrons. The van der Waals surface area contributed by atoms with Gasteiger partial charge in [-0.25, -0.2) is 0 Å². The third-order valence-electron chi connectivity index (χ3n) is 3.84. The molecule has 0 saturated carbocycles. The summed E-state index contributed by atoms with van der Waals surface area (Å²) in [4.78, 5) is 0. The van der Waals surface area contributed by atoms with Gasteiger partial charge in [-0.2, -0.15) is 5.10 Å². The van der Waals surface area contributed by atoms with Gasteiger partial charge in [-0.15, -0.1) is 0 Å².